The summed E-state index contributed by atoms with van der Waals surface area (Å²) in [6.45, 7) is 2.09. The Hall–Kier alpha value is -2.92. The fourth-order valence-corrected chi connectivity index (χ4v) is 3.22. The third-order valence-electron chi connectivity index (χ3n) is 3.54. The number of anilines is 1. The lowest BCUT2D eigenvalue weighted by Gasteiger charge is -2.05. The van der Waals surface area contributed by atoms with Crippen LogP contribution in [0.4, 0.5) is 5.69 Å². The fourth-order valence-electron chi connectivity index (χ4n) is 2.31. The SMILES string of the molecule is CCOC(=O)c1ccc(NC(=O)c2ccc(-c3ccccc3)s2)cc1. The van der Waals surface area contributed by atoms with Gasteiger partial charge in [-0.05, 0) is 48.9 Å². The first kappa shape index (κ1) is 16.9. The summed E-state index contributed by atoms with van der Waals surface area (Å²) in [6, 6.07) is 20.3. The molecule has 3 rings (SSSR count). The maximum absolute atomic E-state index is 12.4. The van der Waals surface area contributed by atoms with E-state index >= 15 is 0 Å². The quantitative estimate of drug-likeness (QED) is 0.669. The molecule has 0 spiro atoms. The molecule has 1 amide bonds. The molecule has 0 fully saturated rings. The zero-order valence-electron chi connectivity index (χ0n) is 13.7. The van der Waals surface area contributed by atoms with Crippen LogP contribution < -0.4 is 5.32 Å². The fraction of sp³-hybridized carbons (Fsp3) is 0.100. The standard InChI is InChI=1S/C20H17NO3S/c1-2-24-20(23)15-8-10-16(11-9-15)21-19(22)18-13-12-17(25-18)14-6-4-3-5-7-14/h3-13H,2H2,1H3,(H,21,22). The second-order valence-corrected chi connectivity index (χ2v) is 6.37. The third-order valence-corrected chi connectivity index (χ3v) is 4.68. The molecule has 1 heterocycles. The van der Waals surface area contributed by atoms with E-state index in [0.29, 0.717) is 22.7 Å². The molecule has 0 saturated heterocycles. The van der Waals surface area contributed by atoms with Gasteiger partial charge in [-0.25, -0.2) is 4.79 Å². The zero-order chi connectivity index (χ0) is 17.6. The van der Waals surface area contributed by atoms with Crippen LogP contribution in [-0.2, 0) is 4.74 Å². The van der Waals surface area contributed by atoms with Crippen molar-refractivity contribution in [2.45, 2.75) is 6.92 Å². The number of hydrogen-bond acceptors (Lipinski definition) is 4. The van der Waals surface area contributed by atoms with Crippen molar-refractivity contribution in [2.24, 2.45) is 0 Å². The highest BCUT2D eigenvalue weighted by atomic mass is 32.1. The maximum atomic E-state index is 12.4. The lowest BCUT2D eigenvalue weighted by Crippen LogP contribution is -2.10. The number of hydrogen-bond donors (Lipinski definition) is 1. The molecular weight excluding hydrogens is 334 g/mol. The number of benzene rings is 2. The molecular formula is C20H17NO3S. The summed E-state index contributed by atoms with van der Waals surface area (Å²) in [4.78, 5) is 25.7. The van der Waals surface area contributed by atoms with Crippen molar-refractivity contribution in [1.82, 2.24) is 0 Å². The van der Waals surface area contributed by atoms with E-state index in [2.05, 4.69) is 5.32 Å². The molecule has 1 aromatic heterocycles. The average Bonchev–Trinajstić information content (AvgIpc) is 3.13. The first-order valence-corrected chi connectivity index (χ1v) is 8.73. The van der Waals surface area contributed by atoms with Gasteiger partial charge in [-0.1, -0.05) is 30.3 Å². The molecule has 0 unspecified atom stereocenters. The molecule has 0 bridgehead atoms. The summed E-state index contributed by atoms with van der Waals surface area (Å²) >= 11 is 1.44. The molecule has 4 nitrogen and oxygen atoms in total. The van der Waals surface area contributed by atoms with E-state index in [1.165, 1.54) is 11.3 Å². The van der Waals surface area contributed by atoms with E-state index in [1.807, 2.05) is 42.5 Å². The number of carbonyl (C=O) groups is 2. The molecule has 0 saturated carbocycles. The van der Waals surface area contributed by atoms with Gasteiger partial charge in [0.25, 0.3) is 5.91 Å². The molecule has 0 aliphatic rings. The third kappa shape index (κ3) is 4.14. The highest BCUT2D eigenvalue weighted by molar-refractivity contribution is 7.17. The van der Waals surface area contributed by atoms with Gasteiger partial charge in [-0.2, -0.15) is 0 Å². The van der Waals surface area contributed by atoms with Crippen LogP contribution in [0, 0.1) is 0 Å². The van der Waals surface area contributed by atoms with Gasteiger partial charge in [0.15, 0.2) is 0 Å². The summed E-state index contributed by atoms with van der Waals surface area (Å²) in [5.41, 5.74) is 2.18. The minimum atomic E-state index is -0.369. The second kappa shape index (κ2) is 7.77. The Morgan fingerprint density at radius 2 is 1.68 bits per heavy atom. The highest BCUT2D eigenvalue weighted by Crippen LogP contribution is 2.28. The largest absolute Gasteiger partial charge is 0.462 e. The lowest BCUT2D eigenvalue weighted by molar-refractivity contribution is 0.0526. The van der Waals surface area contributed by atoms with E-state index < -0.39 is 0 Å². The Bertz CT molecular complexity index is 869. The summed E-state index contributed by atoms with van der Waals surface area (Å²) in [5, 5.41) is 2.84. The van der Waals surface area contributed by atoms with Crippen LogP contribution in [0.15, 0.2) is 66.7 Å². The summed E-state index contributed by atoms with van der Waals surface area (Å²) in [7, 11) is 0. The molecule has 0 aliphatic heterocycles. The first-order chi connectivity index (χ1) is 12.2. The van der Waals surface area contributed by atoms with Crippen LogP contribution in [0.25, 0.3) is 10.4 Å². The van der Waals surface area contributed by atoms with Crippen molar-refractivity contribution >= 4 is 28.9 Å². The van der Waals surface area contributed by atoms with Crippen LogP contribution >= 0.6 is 11.3 Å². The number of rotatable bonds is 5. The van der Waals surface area contributed by atoms with Gasteiger partial charge in [0.2, 0.25) is 0 Å². The van der Waals surface area contributed by atoms with Crippen molar-refractivity contribution in [1.29, 1.82) is 0 Å². The number of nitrogens with one attached hydrogen (secondary N) is 1. The first-order valence-electron chi connectivity index (χ1n) is 7.91. The van der Waals surface area contributed by atoms with Crippen molar-refractivity contribution < 1.29 is 14.3 Å². The molecule has 0 radical (unpaired) electrons. The number of ether oxygens (including phenoxy) is 1. The molecule has 1 N–H and O–H groups in total. The van der Waals surface area contributed by atoms with Gasteiger partial charge < -0.3 is 10.1 Å². The van der Waals surface area contributed by atoms with Crippen molar-refractivity contribution in [3.05, 3.63) is 77.2 Å². The Morgan fingerprint density at radius 1 is 0.960 bits per heavy atom. The van der Waals surface area contributed by atoms with E-state index in [0.717, 1.165) is 10.4 Å². The minimum Gasteiger partial charge on any atom is -0.462 e. The minimum absolute atomic E-state index is 0.170. The molecule has 126 valence electrons. The van der Waals surface area contributed by atoms with Crippen LogP contribution in [0.2, 0.25) is 0 Å². The number of esters is 1. The zero-order valence-corrected chi connectivity index (χ0v) is 14.5. The Morgan fingerprint density at radius 3 is 2.36 bits per heavy atom. The van der Waals surface area contributed by atoms with Gasteiger partial charge >= 0.3 is 5.97 Å². The normalized spacial score (nSPS) is 10.3. The van der Waals surface area contributed by atoms with E-state index in [4.69, 9.17) is 4.74 Å². The van der Waals surface area contributed by atoms with Crippen LogP contribution in [0.1, 0.15) is 27.0 Å². The van der Waals surface area contributed by atoms with E-state index in [9.17, 15) is 9.59 Å². The molecule has 25 heavy (non-hydrogen) atoms. The molecule has 2 aromatic carbocycles. The lowest BCUT2D eigenvalue weighted by atomic mass is 10.2. The van der Waals surface area contributed by atoms with E-state index in [1.54, 1.807) is 31.2 Å². The molecule has 0 aliphatic carbocycles. The van der Waals surface area contributed by atoms with E-state index in [-0.39, 0.29) is 11.9 Å². The van der Waals surface area contributed by atoms with Crippen LogP contribution in [0.5, 0.6) is 0 Å². The monoisotopic (exact) mass is 351 g/mol. The second-order valence-electron chi connectivity index (χ2n) is 5.28. The van der Waals surface area contributed by atoms with Crippen molar-refractivity contribution in [2.75, 3.05) is 11.9 Å². The van der Waals surface area contributed by atoms with Crippen LogP contribution in [0.3, 0.4) is 0 Å². The smallest absolute Gasteiger partial charge is 0.338 e. The highest BCUT2D eigenvalue weighted by Gasteiger charge is 2.11. The van der Waals surface area contributed by atoms with Crippen molar-refractivity contribution in [3.63, 3.8) is 0 Å². The van der Waals surface area contributed by atoms with Gasteiger partial charge in [-0.15, -0.1) is 11.3 Å². The Kier molecular flexibility index (Phi) is 5.26. The van der Waals surface area contributed by atoms with Gasteiger partial charge in [0, 0.05) is 10.6 Å². The number of carbonyl (C=O) groups excluding carboxylic acids is 2. The number of amides is 1. The van der Waals surface area contributed by atoms with Gasteiger partial charge in [-0.3, -0.25) is 4.79 Å². The molecule has 3 aromatic rings. The molecule has 0 atom stereocenters. The average molecular weight is 351 g/mol. The Balaban J connectivity index is 1.68. The maximum Gasteiger partial charge on any atom is 0.338 e. The predicted octanol–water partition coefficient (Wildman–Crippen LogP) is 4.84. The summed E-state index contributed by atoms with van der Waals surface area (Å²) in [5.74, 6) is -0.540. The topological polar surface area (TPSA) is 55.4 Å². The van der Waals surface area contributed by atoms with Gasteiger partial charge in [0.05, 0.1) is 17.0 Å². The summed E-state index contributed by atoms with van der Waals surface area (Å²) < 4.78 is 4.94. The van der Waals surface area contributed by atoms with Gasteiger partial charge in [0.1, 0.15) is 0 Å². The molecule has 5 heteroatoms. The summed E-state index contributed by atoms with van der Waals surface area (Å²) in [6.07, 6.45) is 0. The Labute approximate surface area is 150 Å². The predicted molar refractivity (Wildman–Crippen MR) is 100 cm³/mol. The number of thiophene rings is 1. The van der Waals surface area contributed by atoms with Crippen LogP contribution in [-0.4, -0.2) is 18.5 Å². The van der Waals surface area contributed by atoms with Crippen molar-refractivity contribution in [3.8, 4) is 10.4 Å².